The summed E-state index contributed by atoms with van der Waals surface area (Å²) >= 11 is 0. The van der Waals surface area contributed by atoms with Crippen molar-refractivity contribution in [3.63, 3.8) is 0 Å². The van der Waals surface area contributed by atoms with E-state index in [1.165, 1.54) is 83.5 Å². The highest BCUT2D eigenvalue weighted by Gasteiger charge is 1.99. The first-order valence-corrected chi connectivity index (χ1v) is 11.3. The van der Waals surface area contributed by atoms with Gasteiger partial charge in [0.05, 0.1) is 0 Å². The number of para-hydroxylation sites is 1. The first-order chi connectivity index (χ1) is 13.7. The molecule has 0 spiro atoms. The highest BCUT2D eigenvalue weighted by molar-refractivity contribution is 5.87. The number of carboxylic acids is 1. The summed E-state index contributed by atoms with van der Waals surface area (Å²) in [6.07, 6.45) is 19.1. The van der Waals surface area contributed by atoms with Crippen LogP contribution in [-0.2, 0) is 4.79 Å². The van der Waals surface area contributed by atoms with Gasteiger partial charge in [0.1, 0.15) is 0 Å². The molecule has 1 aromatic carbocycles. The van der Waals surface area contributed by atoms with E-state index in [4.69, 9.17) is 5.11 Å². The van der Waals surface area contributed by atoms with Gasteiger partial charge >= 0.3 is 5.97 Å². The molecular formula is C25H39NO2. The van der Waals surface area contributed by atoms with Crippen LogP contribution < -0.4 is 5.32 Å². The van der Waals surface area contributed by atoms with E-state index in [2.05, 4.69) is 24.1 Å². The van der Waals surface area contributed by atoms with Crippen LogP contribution >= 0.6 is 0 Å². The van der Waals surface area contributed by atoms with Gasteiger partial charge in [-0.25, -0.2) is 4.79 Å². The van der Waals surface area contributed by atoms with Crippen LogP contribution in [0.5, 0.6) is 0 Å². The Balaban J connectivity index is 1.96. The van der Waals surface area contributed by atoms with E-state index < -0.39 is 5.97 Å². The molecule has 1 aromatic rings. The molecule has 0 atom stereocenters. The quantitative estimate of drug-likeness (QED) is 0.237. The molecule has 3 heteroatoms. The number of nitrogens with one attached hydrogen (secondary N) is 1. The minimum Gasteiger partial charge on any atom is -0.472 e. The topological polar surface area (TPSA) is 49.3 Å². The number of benzene rings is 1. The molecule has 0 saturated heterocycles. The fourth-order valence-electron chi connectivity index (χ4n) is 3.41. The van der Waals surface area contributed by atoms with E-state index >= 15 is 0 Å². The zero-order valence-corrected chi connectivity index (χ0v) is 17.8. The van der Waals surface area contributed by atoms with E-state index in [1.807, 2.05) is 24.3 Å². The second-order valence-corrected chi connectivity index (χ2v) is 7.62. The maximum atomic E-state index is 10.6. The van der Waals surface area contributed by atoms with Gasteiger partial charge in [-0.05, 0) is 18.6 Å². The van der Waals surface area contributed by atoms with Gasteiger partial charge in [-0.15, -0.1) is 0 Å². The Labute approximate surface area is 172 Å². The zero-order chi connectivity index (χ0) is 20.3. The van der Waals surface area contributed by atoms with Crippen molar-refractivity contribution in [3.8, 4) is 11.8 Å². The monoisotopic (exact) mass is 385 g/mol. The van der Waals surface area contributed by atoms with Crippen LogP contribution in [0.3, 0.4) is 0 Å². The van der Waals surface area contributed by atoms with Crippen LogP contribution in [-0.4, -0.2) is 17.6 Å². The highest BCUT2D eigenvalue weighted by Crippen LogP contribution is 2.15. The average molecular weight is 386 g/mol. The Hall–Kier alpha value is -1.95. The van der Waals surface area contributed by atoms with E-state index in [0.29, 0.717) is 0 Å². The summed E-state index contributed by atoms with van der Waals surface area (Å²) in [5.41, 5.74) is 1.67. The van der Waals surface area contributed by atoms with E-state index in [9.17, 15) is 4.79 Å². The molecule has 0 aliphatic heterocycles. The summed E-state index contributed by atoms with van der Waals surface area (Å²) in [6.45, 7) is 3.18. The smallest absolute Gasteiger partial charge is 0.382 e. The third-order valence-electron chi connectivity index (χ3n) is 5.08. The Bertz CT molecular complexity index is 586. The number of unbranched alkanes of at least 4 members (excludes halogenated alkanes) is 13. The van der Waals surface area contributed by atoms with Gasteiger partial charge < -0.3 is 10.4 Å². The molecular weight excluding hydrogens is 346 g/mol. The number of carbonyl (C=O) groups is 1. The molecule has 0 unspecified atom stereocenters. The third-order valence-corrected chi connectivity index (χ3v) is 5.08. The molecule has 0 fully saturated rings. The van der Waals surface area contributed by atoms with E-state index in [1.54, 1.807) is 0 Å². The molecule has 28 heavy (non-hydrogen) atoms. The molecule has 156 valence electrons. The van der Waals surface area contributed by atoms with Crippen LogP contribution in [0.25, 0.3) is 0 Å². The Morgan fingerprint density at radius 3 is 1.86 bits per heavy atom. The van der Waals surface area contributed by atoms with Gasteiger partial charge in [0.2, 0.25) is 0 Å². The summed E-state index contributed by atoms with van der Waals surface area (Å²) in [5.74, 6) is 3.79. The van der Waals surface area contributed by atoms with Crippen molar-refractivity contribution in [2.45, 2.75) is 96.8 Å². The molecule has 0 amide bonds. The molecule has 3 nitrogen and oxygen atoms in total. The van der Waals surface area contributed by atoms with Crippen molar-refractivity contribution in [1.29, 1.82) is 0 Å². The Morgan fingerprint density at radius 1 is 0.821 bits per heavy atom. The van der Waals surface area contributed by atoms with E-state index in [-0.39, 0.29) is 0 Å². The predicted octanol–water partition coefficient (Wildman–Crippen LogP) is 7.02. The number of carboxylic acid groups (broad SMARTS) is 1. The van der Waals surface area contributed by atoms with Crippen molar-refractivity contribution in [2.24, 2.45) is 0 Å². The average Bonchev–Trinajstić information content (AvgIpc) is 2.70. The number of aliphatic carboxylic acids is 1. The lowest BCUT2D eigenvalue weighted by molar-refractivity contribution is -0.130. The molecule has 0 saturated carbocycles. The number of hydrogen-bond acceptors (Lipinski definition) is 2. The minimum atomic E-state index is -1.10. The fourth-order valence-corrected chi connectivity index (χ4v) is 3.41. The van der Waals surface area contributed by atoms with Crippen LogP contribution in [0.15, 0.2) is 24.3 Å². The summed E-state index contributed by atoms with van der Waals surface area (Å²) in [7, 11) is 0. The zero-order valence-electron chi connectivity index (χ0n) is 17.8. The molecule has 0 heterocycles. The second kappa shape index (κ2) is 17.2. The summed E-state index contributed by atoms with van der Waals surface area (Å²) in [4.78, 5) is 10.6. The molecule has 2 N–H and O–H groups in total. The first-order valence-electron chi connectivity index (χ1n) is 11.3. The molecule has 0 radical (unpaired) electrons. The van der Waals surface area contributed by atoms with Crippen LogP contribution in [0.2, 0.25) is 0 Å². The van der Waals surface area contributed by atoms with Gasteiger partial charge in [-0.1, -0.05) is 108 Å². The van der Waals surface area contributed by atoms with Crippen molar-refractivity contribution in [1.82, 2.24) is 0 Å². The van der Waals surface area contributed by atoms with Crippen molar-refractivity contribution < 1.29 is 9.90 Å². The van der Waals surface area contributed by atoms with Crippen LogP contribution in [0.4, 0.5) is 5.69 Å². The lowest BCUT2D eigenvalue weighted by atomic mass is 10.0. The lowest BCUT2D eigenvalue weighted by Gasteiger charge is -2.08. The van der Waals surface area contributed by atoms with E-state index in [0.717, 1.165) is 24.2 Å². The first kappa shape index (κ1) is 24.1. The van der Waals surface area contributed by atoms with Gasteiger partial charge in [0.15, 0.2) is 0 Å². The van der Waals surface area contributed by atoms with Gasteiger partial charge in [-0.3, -0.25) is 0 Å². The SMILES string of the molecule is CCCCCCCCCCCCCCCCNc1ccccc1C#CC(=O)O. The second-order valence-electron chi connectivity index (χ2n) is 7.62. The standard InChI is InChI=1S/C25H39NO2/c1-2-3-4-5-6-7-8-9-10-11-12-13-14-17-22-26-24-19-16-15-18-23(24)20-21-25(27)28/h15-16,18-19,26H,2-14,17,22H2,1H3,(H,27,28). The third kappa shape index (κ3) is 13.3. The van der Waals surface area contributed by atoms with Gasteiger partial charge in [0.25, 0.3) is 0 Å². The number of rotatable bonds is 16. The van der Waals surface area contributed by atoms with Crippen LogP contribution in [0.1, 0.15) is 102 Å². The lowest BCUT2D eigenvalue weighted by Crippen LogP contribution is -2.03. The normalized spacial score (nSPS) is 10.3. The largest absolute Gasteiger partial charge is 0.472 e. The Kier molecular flexibility index (Phi) is 14.8. The minimum absolute atomic E-state index is 0.746. The maximum absolute atomic E-state index is 10.6. The van der Waals surface area contributed by atoms with Crippen molar-refractivity contribution in [3.05, 3.63) is 29.8 Å². The maximum Gasteiger partial charge on any atom is 0.382 e. The number of anilines is 1. The molecule has 0 aromatic heterocycles. The summed E-state index contributed by atoms with van der Waals surface area (Å²) < 4.78 is 0. The van der Waals surface area contributed by atoms with Gasteiger partial charge in [0, 0.05) is 23.7 Å². The molecule has 1 rings (SSSR count). The Morgan fingerprint density at radius 2 is 1.32 bits per heavy atom. The van der Waals surface area contributed by atoms with Crippen molar-refractivity contribution >= 4 is 11.7 Å². The van der Waals surface area contributed by atoms with Crippen LogP contribution in [0, 0.1) is 11.8 Å². The molecule has 0 aliphatic carbocycles. The van der Waals surface area contributed by atoms with Gasteiger partial charge in [-0.2, -0.15) is 0 Å². The molecule has 0 aliphatic rings. The summed E-state index contributed by atoms with van der Waals surface area (Å²) in [6, 6.07) is 7.63. The summed E-state index contributed by atoms with van der Waals surface area (Å²) in [5, 5.41) is 12.1. The molecule has 0 bridgehead atoms. The highest BCUT2D eigenvalue weighted by atomic mass is 16.4. The predicted molar refractivity (Wildman–Crippen MR) is 120 cm³/mol. The number of hydrogen-bond donors (Lipinski definition) is 2. The fraction of sp³-hybridized carbons (Fsp3) is 0.640. The van der Waals surface area contributed by atoms with Crippen molar-refractivity contribution in [2.75, 3.05) is 11.9 Å².